The molecule has 5 heteroatoms. The fraction of sp³-hybridized carbons (Fsp3) is 1.00. The van der Waals surface area contributed by atoms with Crippen LogP contribution in [0.5, 0.6) is 0 Å². The number of nitrogens with zero attached hydrogens (tertiary/aromatic N) is 1. The van der Waals surface area contributed by atoms with Gasteiger partial charge in [-0.3, -0.25) is 5.84 Å². The van der Waals surface area contributed by atoms with Crippen LogP contribution in [0.3, 0.4) is 0 Å². The van der Waals surface area contributed by atoms with Gasteiger partial charge in [0, 0.05) is 20.2 Å². The highest BCUT2D eigenvalue weighted by molar-refractivity contribution is 5.85. The highest BCUT2D eigenvalue weighted by atomic mass is 35.5. The molecule has 1 saturated heterocycles. The third kappa shape index (κ3) is 3.58. The van der Waals surface area contributed by atoms with Crippen molar-refractivity contribution >= 4 is 24.8 Å². The van der Waals surface area contributed by atoms with Crippen molar-refractivity contribution in [3.63, 3.8) is 0 Å². The number of ether oxygens (including phenoxy) is 1. The number of rotatable bonds is 1. The van der Waals surface area contributed by atoms with Crippen molar-refractivity contribution in [3.8, 4) is 0 Å². The molecule has 2 N–H and O–H groups in total. The Morgan fingerprint density at radius 1 is 1.36 bits per heavy atom. The Morgan fingerprint density at radius 2 is 1.91 bits per heavy atom. The molecule has 0 bridgehead atoms. The quantitative estimate of drug-likeness (QED) is 0.636. The largest absolute Gasteiger partial charge is 0.380 e. The fourth-order valence-corrected chi connectivity index (χ4v) is 1.28. The summed E-state index contributed by atoms with van der Waals surface area (Å²) in [6.07, 6.45) is 0.343. The van der Waals surface area contributed by atoms with Crippen LogP contribution in [0.1, 0.15) is 6.92 Å². The highest BCUT2D eigenvalue weighted by Gasteiger charge is 2.26. The molecular formula is C6H16Cl2N2O. The summed E-state index contributed by atoms with van der Waals surface area (Å²) in [7, 11) is 1.74. The number of hydrazine groups is 1. The zero-order valence-electron chi connectivity index (χ0n) is 6.82. The van der Waals surface area contributed by atoms with Crippen molar-refractivity contribution in [1.29, 1.82) is 0 Å². The Hall–Kier alpha value is 0.460. The van der Waals surface area contributed by atoms with Crippen molar-refractivity contribution in [1.82, 2.24) is 5.01 Å². The Balaban J connectivity index is 0. The first-order valence-corrected chi connectivity index (χ1v) is 3.26. The fourth-order valence-electron chi connectivity index (χ4n) is 1.28. The molecule has 0 aromatic rings. The Bertz CT molecular complexity index is 105. The van der Waals surface area contributed by atoms with E-state index in [0.29, 0.717) is 12.0 Å². The van der Waals surface area contributed by atoms with Crippen LogP contribution in [0, 0.1) is 5.92 Å². The zero-order chi connectivity index (χ0) is 6.85. The average Bonchev–Trinajstić information content (AvgIpc) is 2.10. The maximum atomic E-state index is 5.54. The van der Waals surface area contributed by atoms with Crippen LogP contribution >= 0.6 is 24.8 Å². The van der Waals surface area contributed by atoms with Crippen LogP contribution < -0.4 is 5.84 Å². The first-order chi connectivity index (χ1) is 4.24. The molecule has 0 spiro atoms. The molecule has 70 valence electrons. The molecule has 3 nitrogen and oxygen atoms in total. The molecule has 1 aliphatic rings. The minimum absolute atomic E-state index is 0. The second-order valence-corrected chi connectivity index (χ2v) is 2.71. The standard InChI is InChI=1S/C6H14N2O.2ClH/c1-5-3-8(7)4-6(5)9-2;;/h5-6H,3-4,7H2,1-2H3;2*1H/t5-,6-;;/m1../s1. The molecule has 0 unspecified atom stereocenters. The second kappa shape index (κ2) is 6.03. The van der Waals surface area contributed by atoms with Gasteiger partial charge in [-0.15, -0.1) is 24.8 Å². The summed E-state index contributed by atoms with van der Waals surface area (Å²) < 4.78 is 5.17. The third-order valence-electron chi connectivity index (χ3n) is 1.87. The molecular weight excluding hydrogens is 187 g/mol. The number of hydrogen-bond acceptors (Lipinski definition) is 3. The number of hydrogen-bond donors (Lipinski definition) is 1. The van der Waals surface area contributed by atoms with Gasteiger partial charge in [0.1, 0.15) is 0 Å². The highest BCUT2D eigenvalue weighted by Crippen LogP contribution is 2.14. The zero-order valence-corrected chi connectivity index (χ0v) is 8.45. The van der Waals surface area contributed by atoms with E-state index in [1.54, 1.807) is 12.1 Å². The molecule has 0 saturated carbocycles. The lowest BCUT2D eigenvalue weighted by molar-refractivity contribution is 0.0838. The van der Waals surface area contributed by atoms with Gasteiger partial charge >= 0.3 is 0 Å². The molecule has 2 atom stereocenters. The molecule has 0 amide bonds. The summed E-state index contributed by atoms with van der Waals surface area (Å²) >= 11 is 0. The summed E-state index contributed by atoms with van der Waals surface area (Å²) in [6, 6.07) is 0. The van der Waals surface area contributed by atoms with E-state index in [9.17, 15) is 0 Å². The summed E-state index contributed by atoms with van der Waals surface area (Å²) in [6.45, 7) is 3.98. The minimum atomic E-state index is 0. The van der Waals surface area contributed by atoms with Crippen LogP contribution in [0.15, 0.2) is 0 Å². The van der Waals surface area contributed by atoms with Gasteiger partial charge in [0.05, 0.1) is 6.10 Å². The van der Waals surface area contributed by atoms with Crippen molar-refractivity contribution < 1.29 is 4.74 Å². The number of methoxy groups -OCH3 is 1. The predicted molar refractivity (Wildman–Crippen MR) is 50.2 cm³/mol. The van der Waals surface area contributed by atoms with Gasteiger partial charge in [-0.2, -0.15) is 0 Å². The third-order valence-corrected chi connectivity index (χ3v) is 1.87. The smallest absolute Gasteiger partial charge is 0.0750 e. The van der Waals surface area contributed by atoms with Crippen molar-refractivity contribution in [2.45, 2.75) is 13.0 Å². The van der Waals surface area contributed by atoms with Crippen LogP contribution in [0.25, 0.3) is 0 Å². The van der Waals surface area contributed by atoms with Gasteiger partial charge in [-0.25, -0.2) is 5.01 Å². The van der Waals surface area contributed by atoms with Gasteiger partial charge < -0.3 is 4.74 Å². The molecule has 1 aliphatic heterocycles. The van der Waals surface area contributed by atoms with E-state index < -0.39 is 0 Å². The van der Waals surface area contributed by atoms with E-state index in [1.165, 1.54) is 0 Å². The topological polar surface area (TPSA) is 38.5 Å². The molecule has 1 heterocycles. The maximum absolute atomic E-state index is 5.54. The summed E-state index contributed by atoms with van der Waals surface area (Å²) in [4.78, 5) is 0. The van der Waals surface area contributed by atoms with E-state index in [-0.39, 0.29) is 24.8 Å². The SMILES string of the molecule is CO[C@@H]1CN(N)C[C@H]1C.Cl.Cl. The lowest BCUT2D eigenvalue weighted by Gasteiger charge is -2.09. The Kier molecular flexibility index (Phi) is 7.68. The van der Waals surface area contributed by atoms with Gasteiger partial charge in [-0.05, 0) is 5.92 Å². The van der Waals surface area contributed by atoms with E-state index in [1.807, 2.05) is 0 Å². The minimum Gasteiger partial charge on any atom is -0.380 e. The molecule has 11 heavy (non-hydrogen) atoms. The normalized spacial score (nSPS) is 30.8. The molecule has 1 fully saturated rings. The van der Waals surface area contributed by atoms with E-state index in [4.69, 9.17) is 10.6 Å². The molecule has 1 rings (SSSR count). The van der Waals surface area contributed by atoms with E-state index >= 15 is 0 Å². The van der Waals surface area contributed by atoms with Gasteiger partial charge in [0.2, 0.25) is 0 Å². The molecule has 0 aliphatic carbocycles. The molecule has 0 aromatic carbocycles. The summed E-state index contributed by atoms with van der Waals surface area (Å²) in [5.74, 6) is 6.13. The van der Waals surface area contributed by atoms with Crippen molar-refractivity contribution in [3.05, 3.63) is 0 Å². The first kappa shape index (κ1) is 14.0. The van der Waals surface area contributed by atoms with E-state index in [2.05, 4.69) is 6.92 Å². The summed E-state index contributed by atoms with van der Waals surface area (Å²) in [5.41, 5.74) is 0. The van der Waals surface area contributed by atoms with Crippen LogP contribution in [-0.4, -0.2) is 31.3 Å². The van der Waals surface area contributed by atoms with Crippen molar-refractivity contribution in [2.75, 3.05) is 20.2 Å². The first-order valence-electron chi connectivity index (χ1n) is 3.26. The summed E-state index contributed by atoms with van der Waals surface area (Å²) in [5, 5.41) is 1.80. The second-order valence-electron chi connectivity index (χ2n) is 2.71. The van der Waals surface area contributed by atoms with Crippen LogP contribution in [-0.2, 0) is 4.74 Å². The van der Waals surface area contributed by atoms with Crippen molar-refractivity contribution in [2.24, 2.45) is 11.8 Å². The van der Waals surface area contributed by atoms with Crippen LogP contribution in [0.4, 0.5) is 0 Å². The maximum Gasteiger partial charge on any atom is 0.0750 e. The predicted octanol–water partition coefficient (Wildman–Crippen LogP) is 0.670. The average molecular weight is 203 g/mol. The monoisotopic (exact) mass is 202 g/mol. The van der Waals surface area contributed by atoms with Crippen LogP contribution in [0.2, 0.25) is 0 Å². The van der Waals surface area contributed by atoms with Gasteiger partial charge in [0.25, 0.3) is 0 Å². The van der Waals surface area contributed by atoms with E-state index in [0.717, 1.165) is 13.1 Å². The van der Waals surface area contributed by atoms with Gasteiger partial charge in [0.15, 0.2) is 0 Å². The number of halogens is 2. The molecule has 0 aromatic heterocycles. The van der Waals surface area contributed by atoms with Gasteiger partial charge in [-0.1, -0.05) is 6.92 Å². The Labute approximate surface area is 80.0 Å². The Morgan fingerprint density at radius 3 is 2.09 bits per heavy atom. The lowest BCUT2D eigenvalue weighted by Crippen LogP contribution is -2.29. The number of nitrogens with two attached hydrogens (primary N) is 1. The lowest BCUT2D eigenvalue weighted by atomic mass is 10.1. The molecule has 0 radical (unpaired) electrons.